The summed E-state index contributed by atoms with van der Waals surface area (Å²) in [5.74, 6) is -0.696. The normalized spacial score (nSPS) is 21.0. The van der Waals surface area contributed by atoms with E-state index in [1.54, 1.807) is 7.05 Å². The van der Waals surface area contributed by atoms with E-state index in [0.717, 1.165) is 18.6 Å². The van der Waals surface area contributed by atoms with Crippen LogP contribution in [0.5, 0.6) is 0 Å². The molecule has 1 fully saturated rings. The zero-order valence-electron chi connectivity index (χ0n) is 12.9. The van der Waals surface area contributed by atoms with E-state index in [4.69, 9.17) is 0 Å². The summed E-state index contributed by atoms with van der Waals surface area (Å²) in [6, 6.07) is 1.32. The zero-order chi connectivity index (χ0) is 18.1. The Kier molecular flexibility index (Phi) is 5.27. The molecule has 0 amide bonds. The van der Waals surface area contributed by atoms with Crippen molar-refractivity contribution in [2.24, 2.45) is 0 Å². The lowest BCUT2D eigenvalue weighted by Crippen LogP contribution is -2.32. The highest BCUT2D eigenvalue weighted by molar-refractivity contribution is 5.52. The van der Waals surface area contributed by atoms with E-state index in [9.17, 15) is 31.1 Å². The number of hydrogen-bond donors (Lipinski definition) is 0. The van der Waals surface area contributed by atoms with Crippen LogP contribution in [0, 0.1) is 0 Å². The molecule has 1 saturated heterocycles. The summed E-state index contributed by atoms with van der Waals surface area (Å²) in [6.45, 7) is 0.700. The molecule has 0 spiro atoms. The van der Waals surface area contributed by atoms with E-state index in [0.29, 0.717) is 19.3 Å². The molecular weight excluding hydrogens is 336 g/mol. The second-order valence-electron chi connectivity index (χ2n) is 6.04. The van der Waals surface area contributed by atoms with Crippen LogP contribution in [0.25, 0.3) is 0 Å². The van der Waals surface area contributed by atoms with Gasteiger partial charge in [0, 0.05) is 18.4 Å². The van der Waals surface area contributed by atoms with E-state index in [-0.39, 0.29) is 24.1 Å². The lowest BCUT2D eigenvalue weighted by molar-refractivity contribution is -0.143. The smallest absolute Gasteiger partial charge is 0.303 e. The van der Waals surface area contributed by atoms with Crippen molar-refractivity contribution in [2.45, 2.75) is 43.6 Å². The maximum atomic E-state index is 13.0. The topological polar surface area (TPSA) is 20.3 Å². The van der Waals surface area contributed by atoms with E-state index in [1.807, 2.05) is 4.90 Å². The summed E-state index contributed by atoms with van der Waals surface area (Å²) < 4.78 is 78.0. The van der Waals surface area contributed by atoms with Crippen LogP contribution in [0.1, 0.15) is 41.9 Å². The van der Waals surface area contributed by atoms with Crippen molar-refractivity contribution >= 4 is 6.29 Å². The van der Waals surface area contributed by atoms with Crippen LogP contribution in [-0.4, -0.2) is 30.8 Å². The predicted octanol–water partition coefficient (Wildman–Crippen LogP) is 4.49. The summed E-state index contributed by atoms with van der Waals surface area (Å²) in [5, 5.41) is 0. The number of nitrogens with zero attached hydrogens (tertiary/aromatic N) is 1. The molecule has 0 bridgehead atoms. The molecule has 1 aromatic carbocycles. The van der Waals surface area contributed by atoms with Crippen LogP contribution in [-0.2, 0) is 17.1 Å². The van der Waals surface area contributed by atoms with Gasteiger partial charge in [0.25, 0.3) is 0 Å². The quantitative estimate of drug-likeness (QED) is 0.587. The lowest BCUT2D eigenvalue weighted by Gasteiger charge is -2.29. The standard InChI is InChI=1S/C16H17F6NO/c1-23-5-2-3-14(23)13(4-6-24)10-7-11(15(17,18)19)9-12(8-10)16(20,21)22/h6-9,13-14H,2-5H2,1H3. The molecule has 1 aromatic rings. The van der Waals surface area contributed by atoms with Gasteiger partial charge in [-0.25, -0.2) is 0 Å². The van der Waals surface area contributed by atoms with E-state index < -0.39 is 29.4 Å². The van der Waals surface area contributed by atoms with E-state index in [2.05, 4.69) is 0 Å². The van der Waals surface area contributed by atoms with Crippen molar-refractivity contribution in [3.63, 3.8) is 0 Å². The van der Waals surface area contributed by atoms with Crippen LogP contribution in [0.15, 0.2) is 18.2 Å². The maximum absolute atomic E-state index is 13.0. The number of alkyl halides is 6. The van der Waals surface area contributed by atoms with Crippen molar-refractivity contribution in [3.8, 4) is 0 Å². The summed E-state index contributed by atoms with van der Waals surface area (Å²) in [5.41, 5.74) is -2.78. The number of likely N-dealkylation sites (N-methyl/N-ethyl adjacent to an activating group) is 1. The number of rotatable bonds is 4. The largest absolute Gasteiger partial charge is 0.416 e. The first-order valence-corrected chi connectivity index (χ1v) is 7.47. The van der Waals surface area contributed by atoms with Gasteiger partial charge in [-0.1, -0.05) is 0 Å². The summed E-state index contributed by atoms with van der Waals surface area (Å²) >= 11 is 0. The van der Waals surface area contributed by atoms with E-state index >= 15 is 0 Å². The molecule has 0 radical (unpaired) electrons. The summed E-state index contributed by atoms with van der Waals surface area (Å²) in [6.07, 6.45) is -7.92. The highest BCUT2D eigenvalue weighted by atomic mass is 19.4. The molecule has 1 aliphatic heterocycles. The van der Waals surface area contributed by atoms with Gasteiger partial charge in [-0.15, -0.1) is 0 Å². The Morgan fingerprint density at radius 1 is 1.12 bits per heavy atom. The third kappa shape index (κ3) is 4.09. The maximum Gasteiger partial charge on any atom is 0.416 e. The number of halogens is 6. The number of carbonyl (C=O) groups excluding carboxylic acids is 1. The fraction of sp³-hybridized carbons (Fsp3) is 0.562. The van der Waals surface area contributed by atoms with Gasteiger partial charge in [-0.05, 0) is 50.2 Å². The van der Waals surface area contributed by atoms with Crippen molar-refractivity contribution in [2.75, 3.05) is 13.6 Å². The molecule has 0 N–H and O–H groups in total. The van der Waals surface area contributed by atoms with Gasteiger partial charge in [0.2, 0.25) is 0 Å². The minimum absolute atomic E-state index is 0.0944. The molecule has 2 atom stereocenters. The van der Waals surface area contributed by atoms with Gasteiger partial charge in [0.1, 0.15) is 6.29 Å². The molecular formula is C16H17F6NO. The average molecular weight is 353 g/mol. The molecule has 2 nitrogen and oxygen atoms in total. The summed E-state index contributed by atoms with van der Waals surface area (Å²) in [4.78, 5) is 12.8. The Balaban J connectivity index is 2.54. The monoisotopic (exact) mass is 353 g/mol. The van der Waals surface area contributed by atoms with Gasteiger partial charge in [-0.3, -0.25) is 0 Å². The first-order chi connectivity index (χ1) is 11.0. The third-order valence-corrected chi connectivity index (χ3v) is 4.43. The second kappa shape index (κ2) is 6.74. The highest BCUT2D eigenvalue weighted by Gasteiger charge is 2.39. The van der Waals surface area contributed by atoms with E-state index in [1.165, 1.54) is 0 Å². The molecule has 134 valence electrons. The minimum atomic E-state index is -4.89. The Hall–Kier alpha value is -1.57. The molecule has 0 aliphatic carbocycles. The van der Waals surface area contributed by atoms with Crippen molar-refractivity contribution in [1.29, 1.82) is 0 Å². The number of hydrogen-bond acceptors (Lipinski definition) is 2. The fourth-order valence-corrected chi connectivity index (χ4v) is 3.26. The molecule has 8 heteroatoms. The summed E-state index contributed by atoms with van der Waals surface area (Å²) in [7, 11) is 1.76. The predicted molar refractivity (Wildman–Crippen MR) is 75.5 cm³/mol. The molecule has 0 aromatic heterocycles. The average Bonchev–Trinajstić information content (AvgIpc) is 2.88. The van der Waals surface area contributed by atoms with Gasteiger partial charge in [-0.2, -0.15) is 26.3 Å². The van der Waals surface area contributed by atoms with Crippen molar-refractivity contribution in [1.82, 2.24) is 4.90 Å². The lowest BCUT2D eigenvalue weighted by atomic mass is 9.85. The van der Waals surface area contributed by atoms with Gasteiger partial charge in [0.15, 0.2) is 0 Å². The van der Waals surface area contributed by atoms with Crippen LogP contribution < -0.4 is 0 Å². The van der Waals surface area contributed by atoms with Crippen LogP contribution in [0.3, 0.4) is 0 Å². The molecule has 2 rings (SSSR count). The zero-order valence-corrected chi connectivity index (χ0v) is 12.9. The SMILES string of the molecule is CN1CCCC1C(CC=O)c1cc(C(F)(F)F)cc(C(F)(F)F)c1. The Morgan fingerprint density at radius 3 is 2.04 bits per heavy atom. The molecule has 1 aliphatic rings. The van der Waals surface area contributed by atoms with Gasteiger partial charge in [0.05, 0.1) is 11.1 Å². The second-order valence-corrected chi connectivity index (χ2v) is 6.04. The molecule has 1 heterocycles. The minimum Gasteiger partial charge on any atom is -0.303 e. The molecule has 24 heavy (non-hydrogen) atoms. The van der Waals surface area contributed by atoms with Gasteiger partial charge >= 0.3 is 12.4 Å². The van der Waals surface area contributed by atoms with Gasteiger partial charge < -0.3 is 9.69 Å². The first-order valence-electron chi connectivity index (χ1n) is 7.47. The Morgan fingerprint density at radius 2 is 1.67 bits per heavy atom. The number of likely N-dealkylation sites (tertiary alicyclic amines) is 1. The number of aldehydes is 1. The fourth-order valence-electron chi connectivity index (χ4n) is 3.26. The van der Waals surface area contributed by atoms with Crippen molar-refractivity contribution in [3.05, 3.63) is 34.9 Å². The van der Waals surface area contributed by atoms with Crippen LogP contribution >= 0.6 is 0 Å². The van der Waals surface area contributed by atoms with Crippen LogP contribution in [0.4, 0.5) is 26.3 Å². The molecule has 2 unspecified atom stereocenters. The number of carbonyl (C=O) groups is 1. The first kappa shape index (κ1) is 18.8. The van der Waals surface area contributed by atoms with Crippen molar-refractivity contribution < 1.29 is 31.1 Å². The number of benzene rings is 1. The van der Waals surface area contributed by atoms with Crippen LogP contribution in [0.2, 0.25) is 0 Å². The Labute approximate surface area is 135 Å². The molecule has 0 saturated carbocycles. The highest BCUT2D eigenvalue weighted by Crippen LogP contribution is 2.40. The Bertz CT molecular complexity index is 563. The third-order valence-electron chi connectivity index (χ3n) is 4.43.